The summed E-state index contributed by atoms with van der Waals surface area (Å²) in [6.07, 6.45) is 5.72. The lowest BCUT2D eigenvalue weighted by atomic mass is 9.96. The van der Waals surface area contributed by atoms with E-state index in [1.165, 1.54) is 0 Å². The zero-order valence-electron chi connectivity index (χ0n) is 18.3. The molecule has 0 saturated heterocycles. The van der Waals surface area contributed by atoms with Crippen LogP contribution in [0, 0.1) is 0 Å². The number of carbonyl (C=O) groups is 1. The van der Waals surface area contributed by atoms with Gasteiger partial charge in [0.15, 0.2) is 0 Å². The van der Waals surface area contributed by atoms with Gasteiger partial charge >= 0.3 is 0 Å². The number of rotatable bonds is 6. The maximum Gasteiger partial charge on any atom is 0.224 e. The summed E-state index contributed by atoms with van der Waals surface area (Å²) in [7, 11) is 1.67. The molecule has 3 aromatic carbocycles. The fourth-order valence-electron chi connectivity index (χ4n) is 4.11. The predicted molar refractivity (Wildman–Crippen MR) is 131 cm³/mol. The van der Waals surface area contributed by atoms with Crippen molar-refractivity contribution in [2.24, 2.45) is 0 Å². The number of nitrogens with one attached hydrogen (secondary N) is 1. The summed E-state index contributed by atoms with van der Waals surface area (Å²) >= 11 is 0. The molecule has 0 bridgehead atoms. The van der Waals surface area contributed by atoms with Crippen molar-refractivity contribution in [1.29, 1.82) is 0 Å². The third kappa shape index (κ3) is 4.39. The van der Waals surface area contributed by atoms with Crippen molar-refractivity contribution >= 4 is 27.6 Å². The summed E-state index contributed by atoms with van der Waals surface area (Å²) in [4.78, 5) is 21.4. The number of pyridine rings is 2. The molecule has 2 aromatic heterocycles. The van der Waals surface area contributed by atoms with Gasteiger partial charge in [0.1, 0.15) is 5.75 Å². The number of benzene rings is 3. The fourth-order valence-corrected chi connectivity index (χ4v) is 4.11. The summed E-state index contributed by atoms with van der Waals surface area (Å²) in [5.41, 5.74) is 5.04. The van der Waals surface area contributed by atoms with E-state index < -0.39 is 0 Å². The van der Waals surface area contributed by atoms with E-state index in [0.717, 1.165) is 49.7 Å². The predicted octanol–water partition coefficient (Wildman–Crippen LogP) is 5.32. The highest BCUT2D eigenvalue weighted by molar-refractivity contribution is 5.98. The van der Waals surface area contributed by atoms with Gasteiger partial charge in [-0.25, -0.2) is 0 Å². The highest BCUT2D eigenvalue weighted by atomic mass is 16.5. The molecule has 0 radical (unpaired) electrons. The van der Waals surface area contributed by atoms with Gasteiger partial charge in [-0.15, -0.1) is 0 Å². The van der Waals surface area contributed by atoms with Crippen LogP contribution in [0.2, 0.25) is 0 Å². The van der Waals surface area contributed by atoms with Gasteiger partial charge in [0, 0.05) is 35.9 Å². The van der Waals surface area contributed by atoms with Gasteiger partial charge < -0.3 is 10.1 Å². The number of aromatic nitrogens is 2. The number of ether oxygens (including phenoxy) is 1. The molecule has 1 amide bonds. The van der Waals surface area contributed by atoms with Gasteiger partial charge in [0.2, 0.25) is 5.91 Å². The van der Waals surface area contributed by atoms with E-state index in [0.29, 0.717) is 13.0 Å². The topological polar surface area (TPSA) is 64.1 Å². The van der Waals surface area contributed by atoms with Crippen LogP contribution in [0.5, 0.6) is 5.75 Å². The van der Waals surface area contributed by atoms with Crippen molar-refractivity contribution < 1.29 is 9.53 Å². The molecular weight excluding hydrogens is 410 g/mol. The van der Waals surface area contributed by atoms with E-state index in [2.05, 4.69) is 33.5 Å². The minimum Gasteiger partial charge on any atom is -0.497 e. The Morgan fingerprint density at radius 3 is 2.79 bits per heavy atom. The average molecular weight is 434 g/mol. The van der Waals surface area contributed by atoms with E-state index >= 15 is 0 Å². The molecule has 0 saturated carbocycles. The molecule has 5 aromatic rings. The van der Waals surface area contributed by atoms with E-state index in [1.54, 1.807) is 19.5 Å². The highest BCUT2D eigenvalue weighted by Crippen LogP contribution is 2.32. The number of carbonyl (C=O) groups excluding carboxylic acids is 1. The molecule has 5 heteroatoms. The Balaban J connectivity index is 1.36. The SMILES string of the molecule is COc1cccc(-c2ccc(CNC(=O)Cc3ccc4cccnc4c3)c3cnccc23)c1. The third-order valence-corrected chi connectivity index (χ3v) is 5.80. The summed E-state index contributed by atoms with van der Waals surface area (Å²) in [5.74, 6) is 0.786. The quantitative estimate of drug-likeness (QED) is 0.394. The van der Waals surface area contributed by atoms with Crippen LogP contribution in [0.1, 0.15) is 11.1 Å². The zero-order chi connectivity index (χ0) is 22.6. The number of amides is 1. The molecular formula is C28H23N3O2. The molecule has 162 valence electrons. The second kappa shape index (κ2) is 9.09. The molecule has 0 unspecified atom stereocenters. The molecule has 1 N–H and O–H groups in total. The Morgan fingerprint density at radius 1 is 0.939 bits per heavy atom. The van der Waals surface area contributed by atoms with Crippen molar-refractivity contribution in [2.75, 3.05) is 7.11 Å². The van der Waals surface area contributed by atoms with Crippen molar-refractivity contribution in [2.45, 2.75) is 13.0 Å². The van der Waals surface area contributed by atoms with Crippen molar-refractivity contribution in [1.82, 2.24) is 15.3 Å². The van der Waals surface area contributed by atoms with Gasteiger partial charge in [0.05, 0.1) is 19.0 Å². The molecule has 33 heavy (non-hydrogen) atoms. The molecule has 0 aliphatic rings. The first-order valence-corrected chi connectivity index (χ1v) is 10.8. The lowest BCUT2D eigenvalue weighted by Crippen LogP contribution is -2.24. The Labute approximate surface area is 192 Å². The second-order valence-corrected chi connectivity index (χ2v) is 7.91. The van der Waals surface area contributed by atoms with Crippen molar-refractivity contribution in [3.63, 3.8) is 0 Å². The van der Waals surface area contributed by atoms with Crippen molar-refractivity contribution in [3.05, 3.63) is 103 Å². The first kappa shape index (κ1) is 20.6. The van der Waals surface area contributed by atoms with E-state index in [1.807, 2.05) is 60.8 Å². The molecule has 0 aliphatic heterocycles. The standard InChI is InChI=1S/C28H23N3O2/c1-33-23-6-2-4-21(16-23)24-10-9-22(26-18-29-13-11-25(24)26)17-31-28(32)15-19-7-8-20-5-3-12-30-27(20)14-19/h2-14,16,18H,15,17H2,1H3,(H,31,32). The van der Waals surface area contributed by atoms with E-state index in [4.69, 9.17) is 4.74 Å². The minimum absolute atomic E-state index is 0.0285. The second-order valence-electron chi connectivity index (χ2n) is 7.91. The van der Waals surface area contributed by atoms with Gasteiger partial charge in [-0.1, -0.05) is 42.5 Å². The molecule has 0 spiro atoms. The number of hydrogen-bond donors (Lipinski definition) is 1. The number of fused-ring (bicyclic) bond motifs is 2. The number of hydrogen-bond acceptors (Lipinski definition) is 4. The largest absolute Gasteiger partial charge is 0.497 e. The van der Waals surface area contributed by atoms with Crippen LogP contribution < -0.4 is 10.1 Å². The van der Waals surface area contributed by atoms with Gasteiger partial charge in [-0.05, 0) is 58.0 Å². The zero-order valence-corrected chi connectivity index (χ0v) is 18.3. The van der Waals surface area contributed by atoms with Crippen LogP contribution >= 0.6 is 0 Å². The smallest absolute Gasteiger partial charge is 0.224 e. The first-order valence-electron chi connectivity index (χ1n) is 10.8. The summed E-state index contributed by atoms with van der Waals surface area (Å²) in [5, 5.41) is 6.23. The fraction of sp³-hybridized carbons (Fsp3) is 0.107. The average Bonchev–Trinajstić information content (AvgIpc) is 2.87. The Morgan fingerprint density at radius 2 is 1.88 bits per heavy atom. The van der Waals surface area contributed by atoms with Gasteiger partial charge in [-0.3, -0.25) is 14.8 Å². The van der Waals surface area contributed by atoms with E-state index in [-0.39, 0.29) is 5.91 Å². The normalized spacial score (nSPS) is 10.9. The molecule has 5 rings (SSSR count). The van der Waals surface area contributed by atoms with Crippen LogP contribution in [0.25, 0.3) is 32.8 Å². The van der Waals surface area contributed by atoms with Gasteiger partial charge in [-0.2, -0.15) is 0 Å². The molecule has 2 heterocycles. The van der Waals surface area contributed by atoms with Crippen LogP contribution in [0.15, 0.2) is 91.4 Å². The maximum atomic E-state index is 12.7. The lowest BCUT2D eigenvalue weighted by Gasteiger charge is -2.13. The van der Waals surface area contributed by atoms with Crippen LogP contribution in [0.3, 0.4) is 0 Å². The molecule has 5 nitrogen and oxygen atoms in total. The first-order chi connectivity index (χ1) is 16.2. The lowest BCUT2D eigenvalue weighted by molar-refractivity contribution is -0.120. The molecule has 0 aliphatic carbocycles. The molecule has 0 fully saturated rings. The molecule has 0 atom stereocenters. The Kier molecular flexibility index (Phi) is 5.68. The van der Waals surface area contributed by atoms with Crippen LogP contribution in [-0.2, 0) is 17.8 Å². The third-order valence-electron chi connectivity index (χ3n) is 5.80. The number of nitrogens with zero attached hydrogens (tertiary/aromatic N) is 2. The van der Waals surface area contributed by atoms with Crippen LogP contribution in [-0.4, -0.2) is 23.0 Å². The number of methoxy groups -OCH3 is 1. The Hall–Kier alpha value is -4.25. The highest BCUT2D eigenvalue weighted by Gasteiger charge is 2.11. The summed E-state index contributed by atoms with van der Waals surface area (Å²) < 4.78 is 5.39. The maximum absolute atomic E-state index is 12.7. The monoisotopic (exact) mass is 433 g/mol. The summed E-state index contributed by atoms with van der Waals surface area (Å²) in [6, 6.07) is 24.0. The van der Waals surface area contributed by atoms with Crippen molar-refractivity contribution in [3.8, 4) is 16.9 Å². The minimum atomic E-state index is -0.0285. The van der Waals surface area contributed by atoms with Gasteiger partial charge in [0.25, 0.3) is 0 Å². The van der Waals surface area contributed by atoms with Crippen LogP contribution in [0.4, 0.5) is 0 Å². The Bertz CT molecular complexity index is 1460. The van der Waals surface area contributed by atoms with E-state index in [9.17, 15) is 4.79 Å². The summed E-state index contributed by atoms with van der Waals surface area (Å²) in [6.45, 7) is 0.436.